The molecule has 4 N–H and O–H groups in total. The number of urea groups is 1. The van der Waals surface area contributed by atoms with Crippen molar-refractivity contribution in [2.75, 3.05) is 11.9 Å². The molecule has 43 heavy (non-hydrogen) atoms. The van der Waals surface area contributed by atoms with Gasteiger partial charge in [-0.15, -0.1) is 0 Å². The van der Waals surface area contributed by atoms with E-state index in [9.17, 15) is 37.1 Å². The van der Waals surface area contributed by atoms with Crippen molar-refractivity contribution < 1.29 is 51.4 Å². The van der Waals surface area contributed by atoms with Crippen LogP contribution in [0.25, 0.3) is 0 Å². The lowest BCUT2D eigenvalue weighted by atomic mass is 10.0. The average Bonchev–Trinajstić information content (AvgIpc) is 3.28. The van der Waals surface area contributed by atoms with E-state index in [1.54, 1.807) is 0 Å². The van der Waals surface area contributed by atoms with Crippen molar-refractivity contribution in [2.45, 2.75) is 52.0 Å². The lowest BCUT2D eigenvalue weighted by Gasteiger charge is -2.29. The van der Waals surface area contributed by atoms with Crippen LogP contribution in [0.3, 0.4) is 0 Å². The number of benzene rings is 2. The molecule has 5 amide bonds. The summed E-state index contributed by atoms with van der Waals surface area (Å²) in [6.45, 7) is 5.98. The maximum absolute atomic E-state index is 15.3. The van der Waals surface area contributed by atoms with Crippen LogP contribution in [-0.2, 0) is 33.6 Å². The van der Waals surface area contributed by atoms with Crippen LogP contribution < -0.4 is 20.7 Å². The second kappa shape index (κ2) is 13.4. The summed E-state index contributed by atoms with van der Waals surface area (Å²) in [4.78, 5) is 60.9. The first-order chi connectivity index (χ1) is 20.2. The number of carbonyl (C=O) groups is 5. The van der Waals surface area contributed by atoms with Gasteiger partial charge in [0.25, 0.3) is 5.91 Å². The molecule has 0 bridgehead atoms. The van der Waals surface area contributed by atoms with Gasteiger partial charge in [0, 0.05) is 41.4 Å². The molecule has 0 saturated carbocycles. The van der Waals surface area contributed by atoms with Gasteiger partial charge in [-0.2, -0.15) is 13.2 Å². The van der Waals surface area contributed by atoms with Gasteiger partial charge in [-0.25, -0.2) is 14.0 Å². The molecule has 15 heteroatoms. The molecule has 0 aromatic heterocycles. The van der Waals surface area contributed by atoms with E-state index in [-0.39, 0.29) is 47.5 Å². The van der Waals surface area contributed by atoms with Gasteiger partial charge in [0.1, 0.15) is 24.2 Å². The number of piperidine rings is 1. The maximum Gasteiger partial charge on any atom is 0.416 e. The second-order valence-electron chi connectivity index (χ2n) is 9.21. The summed E-state index contributed by atoms with van der Waals surface area (Å²) in [5.41, 5.74) is -1.93. The predicted octanol–water partition coefficient (Wildman–Crippen LogP) is 3.97. The highest BCUT2D eigenvalue weighted by atomic mass is 19.4. The SMILES string of the molecule is C=C(COc1cc(NC(=O)NCc2ccc3c(c2F)CN(C2CCC(=O)NC2=O)C3=O)cc(C(F)(F)F)c1)C(=O)O.CC. The van der Waals surface area contributed by atoms with Crippen LogP contribution in [-0.4, -0.2) is 52.4 Å². The third-order valence-corrected chi connectivity index (χ3v) is 6.38. The fourth-order valence-electron chi connectivity index (χ4n) is 4.29. The van der Waals surface area contributed by atoms with E-state index in [4.69, 9.17) is 9.84 Å². The van der Waals surface area contributed by atoms with Gasteiger partial charge in [-0.3, -0.25) is 19.7 Å². The Morgan fingerprint density at radius 1 is 1.16 bits per heavy atom. The third kappa shape index (κ3) is 7.67. The van der Waals surface area contributed by atoms with Gasteiger partial charge in [0.2, 0.25) is 11.8 Å². The first kappa shape index (κ1) is 32.6. The first-order valence-corrected chi connectivity index (χ1v) is 13.0. The number of anilines is 1. The second-order valence-corrected chi connectivity index (χ2v) is 9.21. The highest BCUT2D eigenvalue weighted by Gasteiger charge is 2.40. The van der Waals surface area contributed by atoms with Gasteiger partial charge in [0.05, 0.1) is 17.7 Å². The van der Waals surface area contributed by atoms with Gasteiger partial charge in [-0.05, 0) is 24.6 Å². The van der Waals surface area contributed by atoms with Gasteiger partial charge >= 0.3 is 18.2 Å². The van der Waals surface area contributed by atoms with Crippen molar-refractivity contribution in [1.29, 1.82) is 0 Å². The number of carboxylic acid groups (broad SMARTS) is 1. The van der Waals surface area contributed by atoms with Crippen LogP contribution in [0.4, 0.5) is 28.0 Å². The summed E-state index contributed by atoms with van der Waals surface area (Å²) in [5, 5.41) is 15.5. The molecule has 2 aromatic carbocycles. The standard InChI is InChI=1S/C26H22F4N4O7.C2H6/c1-12(24(38)39)11-41-16-7-14(26(28,29)30)6-15(8-16)32-25(40)31-9-13-2-3-17-18(21(13)27)10-34(23(17)37)19-4-5-20(35)33-22(19)36;1-2/h2-3,6-8,19H,1,4-5,9-11H2,(H,38,39)(H2,31,32,40)(H,33,35,36);1-2H3. The van der Waals surface area contributed by atoms with Gasteiger partial charge in [-0.1, -0.05) is 26.5 Å². The Bertz CT molecular complexity index is 1480. The molecule has 2 aliphatic heterocycles. The molecule has 1 saturated heterocycles. The minimum Gasteiger partial charge on any atom is -0.489 e. The molecule has 1 atom stereocenters. The van der Waals surface area contributed by atoms with Crippen molar-refractivity contribution in [2.24, 2.45) is 0 Å². The largest absolute Gasteiger partial charge is 0.489 e. The Balaban J connectivity index is 0.00000248. The number of rotatable bonds is 8. The summed E-state index contributed by atoms with van der Waals surface area (Å²) in [7, 11) is 0. The Hall–Kier alpha value is -4.95. The molecule has 1 unspecified atom stereocenters. The quantitative estimate of drug-likeness (QED) is 0.201. The molecule has 2 heterocycles. The van der Waals surface area contributed by atoms with E-state index in [1.807, 2.05) is 13.8 Å². The number of imide groups is 1. The van der Waals surface area contributed by atoms with Crippen LogP contribution in [0.15, 0.2) is 42.5 Å². The number of ether oxygens (including phenoxy) is 1. The van der Waals surface area contributed by atoms with Crippen molar-refractivity contribution in [3.05, 3.63) is 70.6 Å². The number of nitrogens with one attached hydrogen (secondary N) is 3. The summed E-state index contributed by atoms with van der Waals surface area (Å²) in [6.07, 6.45) is -4.69. The number of carboxylic acids is 1. The van der Waals surface area contributed by atoms with Crippen molar-refractivity contribution >= 4 is 35.4 Å². The molecular weight excluding hydrogens is 580 g/mol. The molecule has 2 aromatic rings. The molecule has 2 aliphatic rings. The zero-order chi connectivity index (χ0) is 32.1. The summed E-state index contributed by atoms with van der Waals surface area (Å²) < 4.78 is 60.4. The molecule has 230 valence electrons. The number of alkyl halides is 3. The third-order valence-electron chi connectivity index (χ3n) is 6.38. The molecule has 4 rings (SSSR count). The summed E-state index contributed by atoms with van der Waals surface area (Å²) >= 11 is 0. The molecule has 0 spiro atoms. The molecule has 11 nitrogen and oxygen atoms in total. The number of hydrogen-bond donors (Lipinski definition) is 4. The zero-order valence-corrected chi connectivity index (χ0v) is 23.1. The summed E-state index contributed by atoms with van der Waals surface area (Å²) in [5.74, 6) is -4.30. The minimum atomic E-state index is -4.82. The monoisotopic (exact) mass is 608 g/mol. The van der Waals surface area contributed by atoms with E-state index in [1.165, 1.54) is 17.0 Å². The maximum atomic E-state index is 15.3. The number of carbonyl (C=O) groups excluding carboxylic acids is 4. The van der Waals surface area contributed by atoms with Crippen LogP contribution in [0.1, 0.15) is 53.7 Å². The van der Waals surface area contributed by atoms with Gasteiger partial charge in [0.15, 0.2) is 0 Å². The van der Waals surface area contributed by atoms with Crippen molar-refractivity contribution in [3.63, 3.8) is 0 Å². The number of hydrogen-bond acceptors (Lipinski definition) is 6. The van der Waals surface area contributed by atoms with E-state index in [0.29, 0.717) is 12.1 Å². The van der Waals surface area contributed by atoms with Crippen LogP contribution in [0.5, 0.6) is 5.75 Å². The number of halogens is 4. The van der Waals surface area contributed by atoms with Crippen LogP contribution in [0, 0.1) is 5.82 Å². The fourth-order valence-corrected chi connectivity index (χ4v) is 4.29. The Labute approximate surface area is 242 Å². The number of amides is 5. The Morgan fingerprint density at radius 3 is 2.49 bits per heavy atom. The summed E-state index contributed by atoms with van der Waals surface area (Å²) in [6, 6.07) is 2.94. The van der Waals surface area contributed by atoms with E-state index >= 15 is 4.39 Å². The zero-order valence-electron chi connectivity index (χ0n) is 23.1. The van der Waals surface area contributed by atoms with Crippen molar-refractivity contribution in [3.8, 4) is 5.75 Å². The lowest BCUT2D eigenvalue weighted by Crippen LogP contribution is -2.52. The van der Waals surface area contributed by atoms with Crippen LogP contribution >= 0.6 is 0 Å². The van der Waals surface area contributed by atoms with Gasteiger partial charge < -0.3 is 25.4 Å². The van der Waals surface area contributed by atoms with Crippen molar-refractivity contribution in [1.82, 2.24) is 15.5 Å². The Morgan fingerprint density at radius 2 is 1.86 bits per heavy atom. The first-order valence-electron chi connectivity index (χ1n) is 13.0. The smallest absolute Gasteiger partial charge is 0.416 e. The number of nitrogens with zero attached hydrogens (tertiary/aromatic N) is 1. The molecular formula is C28H28F4N4O7. The van der Waals surface area contributed by atoms with E-state index < -0.39 is 72.0 Å². The molecule has 1 fully saturated rings. The predicted molar refractivity (Wildman–Crippen MR) is 143 cm³/mol. The van der Waals surface area contributed by atoms with E-state index in [0.717, 1.165) is 6.07 Å². The average molecular weight is 609 g/mol. The lowest BCUT2D eigenvalue weighted by molar-refractivity contribution is -0.138. The number of fused-ring (bicyclic) bond motifs is 1. The molecule has 0 radical (unpaired) electrons. The van der Waals surface area contributed by atoms with E-state index in [2.05, 4.69) is 22.5 Å². The number of aliphatic carboxylic acids is 1. The minimum absolute atomic E-state index is 0.00188. The highest BCUT2D eigenvalue weighted by Crippen LogP contribution is 2.34. The highest BCUT2D eigenvalue weighted by molar-refractivity contribution is 6.05. The fraction of sp³-hybridized carbons (Fsp3) is 0.321. The Kier molecular flexibility index (Phi) is 10.1. The molecule has 0 aliphatic carbocycles. The topological polar surface area (TPSA) is 154 Å². The van der Waals surface area contributed by atoms with Crippen LogP contribution in [0.2, 0.25) is 0 Å². The normalized spacial score (nSPS) is 16.0.